The van der Waals surface area contributed by atoms with E-state index in [1.165, 1.54) is 6.26 Å². The minimum Gasteiger partial charge on any atom is -0.454 e. The molecule has 0 saturated carbocycles. The van der Waals surface area contributed by atoms with Gasteiger partial charge in [0.1, 0.15) is 0 Å². The number of nitrogens with zero attached hydrogens (tertiary/aromatic N) is 3. The van der Waals surface area contributed by atoms with Crippen molar-refractivity contribution in [2.45, 2.75) is 25.6 Å². The van der Waals surface area contributed by atoms with Gasteiger partial charge in [0.2, 0.25) is 16.8 Å². The quantitative estimate of drug-likeness (QED) is 0.810. The highest BCUT2D eigenvalue weighted by Gasteiger charge is 2.26. The summed E-state index contributed by atoms with van der Waals surface area (Å²) in [5.74, 6) is 1.58. The summed E-state index contributed by atoms with van der Waals surface area (Å²) in [5, 5.41) is 4.42. The molecule has 26 heavy (non-hydrogen) atoms. The number of hydrogen-bond acceptors (Lipinski definition) is 6. The smallest absolute Gasteiger partial charge is 0.231 e. The lowest BCUT2D eigenvalue weighted by molar-refractivity contribution is 0.161. The summed E-state index contributed by atoms with van der Waals surface area (Å²) in [4.78, 5) is 2.35. The van der Waals surface area contributed by atoms with E-state index < -0.39 is 10.0 Å². The van der Waals surface area contributed by atoms with Crippen molar-refractivity contribution in [1.82, 2.24) is 19.4 Å². The van der Waals surface area contributed by atoms with Crippen LogP contribution in [0.15, 0.2) is 30.5 Å². The SMILES string of the molecule is CS(=O)(=O)NCC[C@H]1CN(Cc2ccc3c(c2)OCO3)Cc2ccnn21. The maximum atomic E-state index is 11.3. The van der Waals surface area contributed by atoms with Gasteiger partial charge < -0.3 is 9.47 Å². The van der Waals surface area contributed by atoms with Gasteiger partial charge >= 0.3 is 0 Å². The molecule has 4 rings (SSSR count). The Bertz CT molecular complexity index is 896. The highest BCUT2D eigenvalue weighted by molar-refractivity contribution is 7.88. The zero-order valence-electron chi connectivity index (χ0n) is 14.6. The summed E-state index contributed by atoms with van der Waals surface area (Å²) in [5.41, 5.74) is 2.30. The molecule has 3 heterocycles. The normalized spacial score (nSPS) is 19.5. The third kappa shape index (κ3) is 3.84. The zero-order chi connectivity index (χ0) is 18.1. The molecule has 1 atom stereocenters. The molecule has 0 spiro atoms. The maximum absolute atomic E-state index is 11.3. The Morgan fingerprint density at radius 3 is 2.96 bits per heavy atom. The van der Waals surface area contributed by atoms with Gasteiger partial charge in [-0.25, -0.2) is 13.1 Å². The Morgan fingerprint density at radius 2 is 2.12 bits per heavy atom. The molecule has 140 valence electrons. The van der Waals surface area contributed by atoms with Crippen molar-refractivity contribution < 1.29 is 17.9 Å². The third-order valence-corrected chi connectivity index (χ3v) is 5.37. The zero-order valence-corrected chi connectivity index (χ0v) is 15.4. The molecule has 0 fully saturated rings. The Morgan fingerprint density at radius 1 is 1.27 bits per heavy atom. The van der Waals surface area contributed by atoms with Crippen LogP contribution in [-0.4, -0.2) is 49.2 Å². The fourth-order valence-corrected chi connectivity index (χ4v) is 4.00. The van der Waals surface area contributed by atoms with Gasteiger partial charge in [-0.3, -0.25) is 9.58 Å². The van der Waals surface area contributed by atoms with Crippen LogP contribution >= 0.6 is 0 Å². The molecule has 0 unspecified atom stereocenters. The molecule has 2 aliphatic heterocycles. The standard InChI is InChI=1S/C17H22N4O4S/c1-26(22,23)19-7-5-15-11-20(10-14-4-6-18-21(14)15)9-13-2-3-16-17(8-13)25-12-24-16/h2-4,6,8,15,19H,5,7,9-12H2,1H3/t15-/m0/s1. The van der Waals surface area contributed by atoms with Crippen LogP contribution in [-0.2, 0) is 23.1 Å². The van der Waals surface area contributed by atoms with Gasteiger partial charge in [0, 0.05) is 32.4 Å². The van der Waals surface area contributed by atoms with Gasteiger partial charge in [0.25, 0.3) is 0 Å². The Kier molecular flexibility index (Phi) is 4.60. The van der Waals surface area contributed by atoms with Gasteiger partial charge in [-0.2, -0.15) is 5.10 Å². The average Bonchev–Trinajstić information content (AvgIpc) is 3.21. The largest absolute Gasteiger partial charge is 0.454 e. The summed E-state index contributed by atoms with van der Waals surface area (Å²) >= 11 is 0. The molecule has 2 aromatic rings. The first-order valence-corrected chi connectivity index (χ1v) is 10.4. The Labute approximate surface area is 152 Å². The third-order valence-electron chi connectivity index (χ3n) is 4.64. The van der Waals surface area contributed by atoms with Gasteiger partial charge in [-0.05, 0) is 30.2 Å². The first kappa shape index (κ1) is 17.3. The van der Waals surface area contributed by atoms with Crippen LogP contribution in [0.5, 0.6) is 11.5 Å². The molecule has 0 bridgehead atoms. The number of aromatic nitrogens is 2. The Hall–Kier alpha value is -2.10. The van der Waals surface area contributed by atoms with E-state index in [9.17, 15) is 8.42 Å². The molecule has 0 aliphatic carbocycles. The molecule has 9 heteroatoms. The average molecular weight is 378 g/mol. The lowest BCUT2D eigenvalue weighted by atomic mass is 10.1. The topological polar surface area (TPSA) is 85.7 Å². The van der Waals surface area contributed by atoms with Crippen LogP contribution in [0.4, 0.5) is 0 Å². The van der Waals surface area contributed by atoms with Crippen molar-refractivity contribution in [3.8, 4) is 11.5 Å². The molecule has 0 saturated heterocycles. The molecular weight excluding hydrogens is 356 g/mol. The predicted octanol–water partition coefficient (Wildman–Crippen LogP) is 1.11. The number of nitrogens with one attached hydrogen (secondary N) is 1. The number of sulfonamides is 1. The predicted molar refractivity (Wildman–Crippen MR) is 95.4 cm³/mol. The molecule has 1 aromatic heterocycles. The van der Waals surface area contributed by atoms with E-state index in [0.29, 0.717) is 13.0 Å². The maximum Gasteiger partial charge on any atom is 0.231 e. The fraction of sp³-hybridized carbons (Fsp3) is 0.471. The number of hydrogen-bond donors (Lipinski definition) is 1. The highest BCUT2D eigenvalue weighted by atomic mass is 32.2. The van der Waals surface area contributed by atoms with Gasteiger partial charge in [-0.15, -0.1) is 0 Å². The van der Waals surface area contributed by atoms with Gasteiger partial charge in [0.05, 0.1) is 18.0 Å². The summed E-state index contributed by atoms with van der Waals surface area (Å²) in [6.45, 7) is 3.09. The summed E-state index contributed by atoms with van der Waals surface area (Å²) < 4.78 is 38.0. The van der Waals surface area contributed by atoms with Crippen molar-refractivity contribution in [3.63, 3.8) is 0 Å². The van der Waals surface area contributed by atoms with Crippen LogP contribution in [0.2, 0.25) is 0 Å². The molecule has 0 amide bonds. The van der Waals surface area contributed by atoms with E-state index in [1.807, 2.05) is 22.9 Å². The van der Waals surface area contributed by atoms with E-state index in [4.69, 9.17) is 9.47 Å². The van der Waals surface area contributed by atoms with Crippen LogP contribution < -0.4 is 14.2 Å². The number of fused-ring (bicyclic) bond motifs is 2. The van der Waals surface area contributed by atoms with Crippen molar-refractivity contribution >= 4 is 10.0 Å². The minimum absolute atomic E-state index is 0.136. The van der Waals surface area contributed by atoms with Crippen molar-refractivity contribution in [2.24, 2.45) is 0 Å². The molecule has 1 N–H and O–H groups in total. The van der Waals surface area contributed by atoms with E-state index >= 15 is 0 Å². The van der Waals surface area contributed by atoms with Crippen molar-refractivity contribution in [3.05, 3.63) is 41.7 Å². The van der Waals surface area contributed by atoms with E-state index in [-0.39, 0.29) is 12.8 Å². The molecule has 1 aromatic carbocycles. The Balaban J connectivity index is 1.45. The lowest BCUT2D eigenvalue weighted by Crippen LogP contribution is -2.38. The summed E-state index contributed by atoms with van der Waals surface area (Å²) in [6.07, 6.45) is 3.68. The number of ether oxygens (including phenoxy) is 2. The van der Waals surface area contributed by atoms with Crippen LogP contribution in [0.1, 0.15) is 23.7 Å². The fourth-order valence-electron chi connectivity index (χ4n) is 3.51. The van der Waals surface area contributed by atoms with E-state index in [1.54, 1.807) is 6.20 Å². The van der Waals surface area contributed by atoms with Gasteiger partial charge in [-0.1, -0.05) is 6.07 Å². The first-order chi connectivity index (χ1) is 12.5. The second-order valence-electron chi connectivity index (χ2n) is 6.73. The lowest BCUT2D eigenvalue weighted by Gasteiger charge is -2.34. The summed E-state index contributed by atoms with van der Waals surface area (Å²) in [7, 11) is -3.18. The number of rotatable bonds is 6. The van der Waals surface area contributed by atoms with Crippen molar-refractivity contribution in [2.75, 3.05) is 26.1 Å². The summed E-state index contributed by atoms with van der Waals surface area (Å²) in [6, 6.07) is 8.17. The van der Waals surface area contributed by atoms with Crippen LogP contribution in [0.3, 0.4) is 0 Å². The van der Waals surface area contributed by atoms with Crippen molar-refractivity contribution in [1.29, 1.82) is 0 Å². The second-order valence-corrected chi connectivity index (χ2v) is 8.57. The molecule has 2 aliphatic rings. The monoisotopic (exact) mass is 378 g/mol. The second kappa shape index (κ2) is 6.90. The molecular formula is C17H22N4O4S. The molecule has 8 nitrogen and oxygen atoms in total. The minimum atomic E-state index is -3.18. The van der Waals surface area contributed by atoms with Crippen LogP contribution in [0, 0.1) is 0 Å². The van der Waals surface area contributed by atoms with E-state index in [0.717, 1.165) is 42.4 Å². The highest BCUT2D eigenvalue weighted by Crippen LogP contribution is 2.33. The van der Waals surface area contributed by atoms with E-state index in [2.05, 4.69) is 20.8 Å². The molecule has 0 radical (unpaired) electrons. The van der Waals surface area contributed by atoms with Crippen LogP contribution in [0.25, 0.3) is 0 Å². The first-order valence-electron chi connectivity index (χ1n) is 8.56. The number of benzene rings is 1. The van der Waals surface area contributed by atoms with Gasteiger partial charge in [0.15, 0.2) is 11.5 Å².